The number of hydrogen-bond donors (Lipinski definition) is 1. The van der Waals surface area contributed by atoms with E-state index in [1.807, 2.05) is 35.0 Å². The minimum absolute atomic E-state index is 0.545. The lowest BCUT2D eigenvalue weighted by atomic mass is 10.1. The first-order chi connectivity index (χ1) is 5.81. The van der Waals surface area contributed by atoms with Crippen molar-refractivity contribution in [1.82, 2.24) is 0 Å². The molecule has 4 heteroatoms. The molecule has 58 valence electrons. The monoisotopic (exact) mass is 269 g/mol. The van der Waals surface area contributed by atoms with Gasteiger partial charge in [0.15, 0.2) is 0 Å². The summed E-state index contributed by atoms with van der Waals surface area (Å²) in [5.74, 6) is 0. The molecular weight excluding hydrogens is 265 g/mol. The van der Waals surface area contributed by atoms with E-state index in [1.165, 1.54) is 0 Å². The first-order valence-electron chi connectivity index (χ1n) is 3.12. The number of nitrogens with one attached hydrogen (secondary N) is 1. The third-order valence-electron chi connectivity index (χ3n) is 1.37. The van der Waals surface area contributed by atoms with Crippen LogP contribution in [0, 0.1) is 22.7 Å². The second kappa shape index (κ2) is 3.93. The van der Waals surface area contributed by atoms with Crippen LogP contribution in [0.25, 0.3) is 0 Å². The molecule has 0 amide bonds. The van der Waals surface area contributed by atoms with Crippen molar-refractivity contribution in [3.63, 3.8) is 0 Å². The maximum absolute atomic E-state index is 8.64. The maximum Gasteiger partial charge on any atom is 0.101 e. The largest absolute Gasteiger partial charge is 0.327 e. The topological polar surface area (TPSA) is 59.6 Å². The molecule has 0 unspecified atom stereocenters. The fourth-order valence-corrected chi connectivity index (χ4v) is 1.24. The molecule has 0 aliphatic rings. The van der Waals surface area contributed by atoms with Crippen molar-refractivity contribution in [1.29, 1.82) is 10.5 Å². The van der Waals surface area contributed by atoms with Gasteiger partial charge in [-0.2, -0.15) is 10.5 Å². The lowest BCUT2D eigenvalue weighted by Crippen LogP contribution is -1.86. The Labute approximate surface area is 84.1 Å². The van der Waals surface area contributed by atoms with Crippen LogP contribution < -0.4 is 3.53 Å². The Morgan fingerprint density at radius 1 is 1.25 bits per heavy atom. The molecule has 1 N–H and O–H groups in total. The molecule has 0 saturated carbocycles. The Kier molecular flexibility index (Phi) is 2.89. The van der Waals surface area contributed by atoms with Gasteiger partial charge in [-0.15, -0.1) is 0 Å². The quantitative estimate of drug-likeness (QED) is 0.628. The SMILES string of the molecule is N#Cc1ccc(C#N)c(NI)c1. The van der Waals surface area contributed by atoms with E-state index in [0.29, 0.717) is 16.8 Å². The van der Waals surface area contributed by atoms with Crippen LogP contribution >= 0.6 is 22.9 Å². The Balaban J connectivity index is 3.24. The van der Waals surface area contributed by atoms with Crippen molar-refractivity contribution in [3.8, 4) is 12.1 Å². The van der Waals surface area contributed by atoms with Gasteiger partial charge in [0, 0.05) is 0 Å². The lowest BCUT2D eigenvalue weighted by molar-refractivity contribution is 1.45. The summed E-state index contributed by atoms with van der Waals surface area (Å²) in [5.41, 5.74) is 1.77. The fraction of sp³-hybridized carbons (Fsp3) is 0. The molecular formula is C8H4IN3. The number of rotatable bonds is 1. The molecule has 0 aromatic heterocycles. The molecule has 0 spiro atoms. The summed E-state index contributed by atoms with van der Waals surface area (Å²) in [6, 6.07) is 8.91. The first kappa shape index (κ1) is 8.82. The normalized spacial score (nSPS) is 8.25. The maximum atomic E-state index is 8.64. The number of benzene rings is 1. The van der Waals surface area contributed by atoms with Gasteiger partial charge in [0.2, 0.25) is 0 Å². The van der Waals surface area contributed by atoms with Crippen molar-refractivity contribution < 1.29 is 0 Å². The zero-order valence-corrected chi connectivity index (χ0v) is 8.16. The van der Waals surface area contributed by atoms with Crippen LogP contribution in [-0.4, -0.2) is 0 Å². The van der Waals surface area contributed by atoms with Crippen LogP contribution in [0.4, 0.5) is 5.69 Å². The van der Waals surface area contributed by atoms with Crippen LogP contribution in [-0.2, 0) is 0 Å². The van der Waals surface area contributed by atoms with Crippen molar-refractivity contribution >= 4 is 28.6 Å². The third kappa shape index (κ3) is 1.66. The van der Waals surface area contributed by atoms with Crippen LogP contribution in [0.2, 0.25) is 0 Å². The van der Waals surface area contributed by atoms with E-state index in [4.69, 9.17) is 10.5 Å². The predicted molar refractivity (Wildman–Crippen MR) is 53.5 cm³/mol. The molecule has 0 bridgehead atoms. The number of anilines is 1. The summed E-state index contributed by atoms with van der Waals surface area (Å²) in [4.78, 5) is 0. The molecule has 0 aliphatic carbocycles. The van der Waals surface area contributed by atoms with Crippen LogP contribution in [0.3, 0.4) is 0 Å². The lowest BCUT2D eigenvalue weighted by Gasteiger charge is -1.99. The smallest absolute Gasteiger partial charge is 0.101 e. The number of nitriles is 2. The minimum atomic E-state index is 0.545. The molecule has 0 fully saturated rings. The second-order valence-electron chi connectivity index (χ2n) is 2.08. The van der Waals surface area contributed by atoms with Crippen molar-refractivity contribution in [2.45, 2.75) is 0 Å². The number of halogens is 1. The van der Waals surface area contributed by atoms with Gasteiger partial charge in [-0.05, 0) is 18.2 Å². The van der Waals surface area contributed by atoms with E-state index in [0.717, 1.165) is 0 Å². The Hall–Kier alpha value is -1.27. The highest BCUT2D eigenvalue weighted by molar-refractivity contribution is 14.1. The van der Waals surface area contributed by atoms with Gasteiger partial charge in [-0.3, -0.25) is 0 Å². The fourth-order valence-electron chi connectivity index (χ4n) is 0.789. The van der Waals surface area contributed by atoms with Gasteiger partial charge in [0.25, 0.3) is 0 Å². The number of nitrogens with zero attached hydrogens (tertiary/aromatic N) is 2. The van der Waals surface area contributed by atoms with Crippen molar-refractivity contribution in [3.05, 3.63) is 29.3 Å². The van der Waals surface area contributed by atoms with E-state index in [2.05, 4.69) is 3.53 Å². The average molecular weight is 269 g/mol. The Morgan fingerprint density at radius 3 is 2.50 bits per heavy atom. The van der Waals surface area contributed by atoms with Gasteiger partial charge in [-0.1, -0.05) is 0 Å². The van der Waals surface area contributed by atoms with Gasteiger partial charge < -0.3 is 3.53 Å². The second-order valence-corrected chi connectivity index (χ2v) is 2.62. The van der Waals surface area contributed by atoms with E-state index in [1.54, 1.807) is 18.2 Å². The number of hydrogen-bond acceptors (Lipinski definition) is 3. The molecule has 0 radical (unpaired) electrons. The summed E-state index contributed by atoms with van der Waals surface area (Å²) in [6.07, 6.45) is 0. The van der Waals surface area contributed by atoms with Gasteiger partial charge >= 0.3 is 0 Å². The molecule has 1 aromatic rings. The van der Waals surface area contributed by atoms with Gasteiger partial charge in [0.1, 0.15) is 6.07 Å². The summed E-state index contributed by atoms with van der Waals surface area (Å²) in [7, 11) is 0. The highest BCUT2D eigenvalue weighted by atomic mass is 127. The molecule has 1 aromatic carbocycles. The summed E-state index contributed by atoms with van der Waals surface area (Å²) >= 11 is 1.92. The molecule has 12 heavy (non-hydrogen) atoms. The molecule has 3 nitrogen and oxygen atoms in total. The zero-order valence-electron chi connectivity index (χ0n) is 6.00. The average Bonchev–Trinajstić information content (AvgIpc) is 2.16. The molecule has 0 aliphatic heterocycles. The first-order valence-corrected chi connectivity index (χ1v) is 4.20. The van der Waals surface area contributed by atoms with Crippen molar-refractivity contribution in [2.75, 3.05) is 3.53 Å². The molecule has 0 saturated heterocycles. The minimum Gasteiger partial charge on any atom is -0.327 e. The van der Waals surface area contributed by atoms with E-state index in [9.17, 15) is 0 Å². The van der Waals surface area contributed by atoms with Crippen LogP contribution in [0.15, 0.2) is 18.2 Å². The van der Waals surface area contributed by atoms with Gasteiger partial charge in [-0.25, -0.2) is 0 Å². The Bertz CT molecular complexity index is 373. The summed E-state index contributed by atoms with van der Waals surface area (Å²) in [5, 5.41) is 17.2. The third-order valence-corrected chi connectivity index (χ3v) is 1.95. The molecule has 0 atom stereocenters. The van der Waals surface area contributed by atoms with Crippen LogP contribution in [0.1, 0.15) is 11.1 Å². The highest BCUT2D eigenvalue weighted by Gasteiger charge is 2.00. The molecule has 0 heterocycles. The Morgan fingerprint density at radius 2 is 2.00 bits per heavy atom. The summed E-state index contributed by atoms with van der Waals surface area (Å²) < 4.78 is 2.82. The highest BCUT2D eigenvalue weighted by Crippen LogP contribution is 2.17. The zero-order chi connectivity index (χ0) is 8.97. The van der Waals surface area contributed by atoms with Gasteiger partial charge in [0.05, 0.1) is 45.7 Å². The van der Waals surface area contributed by atoms with Crippen molar-refractivity contribution in [2.24, 2.45) is 0 Å². The predicted octanol–water partition coefficient (Wildman–Crippen LogP) is 2.19. The van der Waals surface area contributed by atoms with E-state index in [-0.39, 0.29) is 0 Å². The standard InChI is InChI=1S/C8H4IN3/c9-12-8-3-6(4-10)1-2-7(8)5-11/h1-3,12H. The van der Waals surface area contributed by atoms with E-state index < -0.39 is 0 Å². The van der Waals surface area contributed by atoms with Crippen LogP contribution in [0.5, 0.6) is 0 Å². The van der Waals surface area contributed by atoms with E-state index >= 15 is 0 Å². The summed E-state index contributed by atoms with van der Waals surface area (Å²) in [6.45, 7) is 0. The molecule has 1 rings (SSSR count).